The Kier molecular flexibility index (Phi) is 3.63. The van der Waals surface area contributed by atoms with Gasteiger partial charge in [0.05, 0.1) is 13.2 Å². The quantitative estimate of drug-likeness (QED) is 0.844. The molecule has 0 spiro atoms. The maximum absolute atomic E-state index is 11.8. The highest BCUT2D eigenvalue weighted by Crippen LogP contribution is 2.28. The molecule has 0 saturated heterocycles. The SMILES string of the molecule is COC(=O)C(c1cccc2ccccc12)C(C)O. The van der Waals surface area contributed by atoms with E-state index in [1.54, 1.807) is 6.92 Å². The Hall–Kier alpha value is -1.87. The van der Waals surface area contributed by atoms with Crippen LogP contribution in [0.4, 0.5) is 0 Å². The molecule has 0 aliphatic rings. The van der Waals surface area contributed by atoms with Crippen LogP contribution in [0.25, 0.3) is 10.8 Å². The van der Waals surface area contributed by atoms with Gasteiger partial charge in [-0.2, -0.15) is 0 Å². The third-order valence-corrected chi connectivity index (χ3v) is 3.10. The van der Waals surface area contributed by atoms with Crippen molar-refractivity contribution < 1.29 is 14.6 Å². The smallest absolute Gasteiger partial charge is 0.315 e. The van der Waals surface area contributed by atoms with Gasteiger partial charge >= 0.3 is 5.97 Å². The van der Waals surface area contributed by atoms with E-state index in [-0.39, 0.29) is 0 Å². The molecule has 1 N–H and O–H groups in total. The van der Waals surface area contributed by atoms with E-state index in [0.29, 0.717) is 0 Å². The van der Waals surface area contributed by atoms with Gasteiger partial charge in [0, 0.05) is 0 Å². The molecule has 0 saturated carbocycles. The van der Waals surface area contributed by atoms with Crippen molar-refractivity contribution in [1.82, 2.24) is 0 Å². The first-order valence-electron chi connectivity index (χ1n) is 5.88. The van der Waals surface area contributed by atoms with E-state index in [1.807, 2.05) is 42.5 Å². The number of fused-ring (bicyclic) bond motifs is 1. The van der Waals surface area contributed by atoms with Gasteiger partial charge < -0.3 is 9.84 Å². The normalized spacial score (nSPS) is 14.2. The fourth-order valence-corrected chi connectivity index (χ4v) is 2.23. The first-order chi connectivity index (χ1) is 8.65. The molecule has 0 aromatic heterocycles. The standard InChI is InChI=1S/C15H16O3/c1-10(16)14(15(17)18-2)13-9-5-7-11-6-3-4-8-12(11)13/h3-10,14,16H,1-2H3. The van der Waals surface area contributed by atoms with Crippen LogP contribution in [0.1, 0.15) is 18.4 Å². The lowest BCUT2D eigenvalue weighted by atomic mass is 9.90. The predicted molar refractivity (Wildman–Crippen MR) is 70.4 cm³/mol. The average molecular weight is 244 g/mol. The van der Waals surface area contributed by atoms with Gasteiger partial charge in [0.25, 0.3) is 0 Å². The molecule has 2 rings (SSSR count). The monoisotopic (exact) mass is 244 g/mol. The molecule has 2 atom stereocenters. The summed E-state index contributed by atoms with van der Waals surface area (Å²) in [4.78, 5) is 11.8. The van der Waals surface area contributed by atoms with E-state index < -0.39 is 18.0 Å². The molecule has 0 heterocycles. The van der Waals surface area contributed by atoms with Gasteiger partial charge in [0.1, 0.15) is 5.92 Å². The Bertz CT molecular complexity index is 555. The summed E-state index contributed by atoms with van der Waals surface area (Å²) in [5.41, 5.74) is 0.801. The van der Waals surface area contributed by atoms with Crippen molar-refractivity contribution in [2.75, 3.05) is 7.11 Å². The van der Waals surface area contributed by atoms with E-state index in [9.17, 15) is 9.90 Å². The Labute approximate surface area is 106 Å². The average Bonchev–Trinajstić information content (AvgIpc) is 2.38. The molecule has 2 unspecified atom stereocenters. The predicted octanol–water partition coefficient (Wildman–Crippen LogP) is 2.48. The molecule has 0 amide bonds. The summed E-state index contributed by atoms with van der Waals surface area (Å²) in [6.45, 7) is 1.60. The fourth-order valence-electron chi connectivity index (χ4n) is 2.23. The van der Waals surface area contributed by atoms with Crippen LogP contribution in [0.15, 0.2) is 42.5 Å². The topological polar surface area (TPSA) is 46.5 Å². The van der Waals surface area contributed by atoms with Gasteiger partial charge in [-0.15, -0.1) is 0 Å². The first-order valence-corrected chi connectivity index (χ1v) is 5.88. The number of methoxy groups -OCH3 is 1. The number of carbonyl (C=O) groups excluding carboxylic acids is 1. The van der Waals surface area contributed by atoms with Crippen molar-refractivity contribution >= 4 is 16.7 Å². The van der Waals surface area contributed by atoms with E-state index in [0.717, 1.165) is 16.3 Å². The summed E-state index contributed by atoms with van der Waals surface area (Å²) >= 11 is 0. The molecular weight excluding hydrogens is 228 g/mol. The number of rotatable bonds is 3. The molecule has 0 aliphatic carbocycles. The van der Waals surface area contributed by atoms with Crippen LogP contribution in [0.2, 0.25) is 0 Å². The second-order valence-electron chi connectivity index (χ2n) is 4.31. The molecule has 0 bridgehead atoms. The van der Waals surface area contributed by atoms with Crippen molar-refractivity contribution in [1.29, 1.82) is 0 Å². The first kappa shape index (κ1) is 12.6. The van der Waals surface area contributed by atoms with E-state index in [1.165, 1.54) is 7.11 Å². The molecule has 94 valence electrons. The van der Waals surface area contributed by atoms with Gasteiger partial charge in [-0.25, -0.2) is 0 Å². The molecule has 0 aliphatic heterocycles. The van der Waals surface area contributed by atoms with Gasteiger partial charge in [0.2, 0.25) is 0 Å². The Morgan fingerprint density at radius 3 is 2.50 bits per heavy atom. The number of carbonyl (C=O) groups is 1. The molecule has 2 aromatic rings. The lowest BCUT2D eigenvalue weighted by Gasteiger charge is -2.19. The van der Waals surface area contributed by atoms with Crippen LogP contribution in [-0.4, -0.2) is 24.3 Å². The number of esters is 1. The summed E-state index contributed by atoms with van der Waals surface area (Å²) in [6, 6.07) is 13.5. The van der Waals surface area contributed by atoms with Crippen LogP contribution >= 0.6 is 0 Å². The number of hydrogen-bond donors (Lipinski definition) is 1. The van der Waals surface area contributed by atoms with Crippen molar-refractivity contribution in [3.63, 3.8) is 0 Å². The van der Waals surface area contributed by atoms with Crippen LogP contribution < -0.4 is 0 Å². The zero-order chi connectivity index (χ0) is 13.1. The summed E-state index contributed by atoms with van der Waals surface area (Å²) < 4.78 is 4.78. The minimum atomic E-state index is -0.789. The van der Waals surface area contributed by atoms with E-state index >= 15 is 0 Å². The summed E-state index contributed by atoms with van der Waals surface area (Å²) in [5.74, 6) is -1.07. The molecule has 3 nitrogen and oxygen atoms in total. The van der Waals surface area contributed by atoms with Crippen molar-refractivity contribution in [3.8, 4) is 0 Å². The van der Waals surface area contributed by atoms with Crippen LogP contribution in [-0.2, 0) is 9.53 Å². The van der Waals surface area contributed by atoms with Gasteiger partial charge in [0.15, 0.2) is 0 Å². The maximum Gasteiger partial charge on any atom is 0.315 e. The summed E-state index contributed by atoms with van der Waals surface area (Å²) in [6.07, 6.45) is -0.789. The van der Waals surface area contributed by atoms with Gasteiger partial charge in [-0.3, -0.25) is 4.79 Å². The maximum atomic E-state index is 11.8. The Morgan fingerprint density at radius 1 is 1.17 bits per heavy atom. The zero-order valence-corrected chi connectivity index (χ0v) is 10.5. The molecule has 2 aromatic carbocycles. The van der Waals surface area contributed by atoms with Crippen molar-refractivity contribution in [2.24, 2.45) is 0 Å². The molecule has 0 radical (unpaired) electrons. The number of ether oxygens (including phenoxy) is 1. The number of aliphatic hydroxyl groups is 1. The van der Waals surface area contributed by atoms with Crippen LogP contribution in [0.5, 0.6) is 0 Å². The zero-order valence-electron chi connectivity index (χ0n) is 10.5. The number of aliphatic hydroxyl groups excluding tert-OH is 1. The second kappa shape index (κ2) is 5.19. The van der Waals surface area contributed by atoms with Gasteiger partial charge in [-0.05, 0) is 23.3 Å². The molecule has 18 heavy (non-hydrogen) atoms. The number of hydrogen-bond acceptors (Lipinski definition) is 3. The third-order valence-electron chi connectivity index (χ3n) is 3.10. The van der Waals surface area contributed by atoms with Gasteiger partial charge in [-0.1, -0.05) is 42.5 Å². The highest BCUT2D eigenvalue weighted by Gasteiger charge is 2.27. The fraction of sp³-hybridized carbons (Fsp3) is 0.267. The largest absolute Gasteiger partial charge is 0.468 e. The van der Waals surface area contributed by atoms with Crippen LogP contribution in [0, 0.1) is 0 Å². The Balaban J connectivity index is 2.61. The van der Waals surface area contributed by atoms with Crippen LogP contribution in [0.3, 0.4) is 0 Å². The summed E-state index contributed by atoms with van der Waals surface area (Å²) in [5, 5.41) is 11.8. The lowest BCUT2D eigenvalue weighted by Crippen LogP contribution is -2.25. The third kappa shape index (κ3) is 2.22. The molecule has 0 fully saturated rings. The molecule has 3 heteroatoms. The molecular formula is C15H16O3. The second-order valence-corrected chi connectivity index (χ2v) is 4.31. The highest BCUT2D eigenvalue weighted by molar-refractivity contribution is 5.91. The van der Waals surface area contributed by atoms with E-state index in [4.69, 9.17) is 4.74 Å². The Morgan fingerprint density at radius 2 is 1.83 bits per heavy atom. The number of benzene rings is 2. The summed E-state index contributed by atoms with van der Waals surface area (Å²) in [7, 11) is 1.34. The van der Waals surface area contributed by atoms with Crippen molar-refractivity contribution in [2.45, 2.75) is 18.9 Å². The lowest BCUT2D eigenvalue weighted by molar-refractivity contribution is -0.144. The van der Waals surface area contributed by atoms with Crippen molar-refractivity contribution in [3.05, 3.63) is 48.0 Å². The van der Waals surface area contributed by atoms with E-state index in [2.05, 4.69) is 0 Å². The minimum Gasteiger partial charge on any atom is -0.468 e. The minimum absolute atomic E-state index is 0.415. The highest BCUT2D eigenvalue weighted by atomic mass is 16.5.